The van der Waals surface area contributed by atoms with Crippen LogP contribution in [-0.2, 0) is 14.8 Å². The number of nitriles is 1. The minimum Gasteiger partial charge on any atom is -0.419 e. The summed E-state index contributed by atoms with van der Waals surface area (Å²) < 4.78 is 38.2. The van der Waals surface area contributed by atoms with Crippen LogP contribution in [-0.4, -0.2) is 57.1 Å². The predicted octanol–water partition coefficient (Wildman–Crippen LogP) is 2.72. The molecular weight excluding hydrogens is 404 g/mol. The predicted molar refractivity (Wildman–Crippen MR) is 111 cm³/mol. The lowest BCUT2D eigenvalue weighted by molar-refractivity contribution is 0.0730. The highest BCUT2D eigenvalue weighted by Crippen LogP contribution is 2.33. The lowest BCUT2D eigenvalue weighted by Gasteiger charge is -2.34. The Morgan fingerprint density at radius 3 is 2.33 bits per heavy atom. The van der Waals surface area contributed by atoms with E-state index < -0.39 is 10.0 Å². The van der Waals surface area contributed by atoms with Gasteiger partial charge in [-0.2, -0.15) is 14.6 Å². The monoisotopic (exact) mass is 430 g/mol. The van der Waals surface area contributed by atoms with Crippen molar-refractivity contribution in [1.29, 1.82) is 5.26 Å². The molecule has 0 spiro atoms. The molecule has 2 atom stereocenters. The maximum atomic E-state index is 12.8. The van der Waals surface area contributed by atoms with Crippen LogP contribution in [0.15, 0.2) is 33.6 Å². The fourth-order valence-electron chi connectivity index (χ4n) is 4.26. The Labute approximate surface area is 177 Å². The molecular formula is C21H26N4O4S. The van der Waals surface area contributed by atoms with Crippen molar-refractivity contribution in [3.8, 4) is 17.5 Å². The quantitative estimate of drug-likeness (QED) is 0.735. The summed E-state index contributed by atoms with van der Waals surface area (Å²) >= 11 is 0. The van der Waals surface area contributed by atoms with Gasteiger partial charge in [-0.15, -0.1) is 0 Å². The number of hydrogen-bond donors (Lipinski definition) is 0. The molecule has 1 aromatic carbocycles. The Bertz CT molecular complexity index is 1030. The van der Waals surface area contributed by atoms with E-state index in [2.05, 4.69) is 29.8 Å². The number of morpholine rings is 1. The van der Waals surface area contributed by atoms with Crippen LogP contribution in [0.3, 0.4) is 0 Å². The Morgan fingerprint density at radius 1 is 1.10 bits per heavy atom. The molecule has 0 saturated carbocycles. The largest absolute Gasteiger partial charge is 0.419 e. The third-order valence-electron chi connectivity index (χ3n) is 5.58. The molecule has 8 nitrogen and oxygen atoms in total. The zero-order chi connectivity index (χ0) is 21.3. The van der Waals surface area contributed by atoms with E-state index in [-0.39, 0.29) is 10.6 Å². The summed E-state index contributed by atoms with van der Waals surface area (Å²) in [6.45, 7) is 7.55. The summed E-state index contributed by atoms with van der Waals surface area (Å²) in [7, 11) is -3.56. The average molecular weight is 431 g/mol. The molecule has 0 radical (unpaired) electrons. The number of nitrogens with zero attached hydrogens (tertiary/aromatic N) is 4. The van der Waals surface area contributed by atoms with Crippen LogP contribution in [0.4, 0.5) is 5.88 Å². The molecule has 9 heteroatoms. The van der Waals surface area contributed by atoms with Crippen LogP contribution >= 0.6 is 0 Å². The van der Waals surface area contributed by atoms with E-state index in [4.69, 9.17) is 9.15 Å². The van der Waals surface area contributed by atoms with Crippen molar-refractivity contribution in [1.82, 2.24) is 9.29 Å². The van der Waals surface area contributed by atoms with Crippen LogP contribution in [0.5, 0.6) is 0 Å². The first-order chi connectivity index (χ1) is 14.4. The van der Waals surface area contributed by atoms with Gasteiger partial charge in [0.25, 0.3) is 0 Å². The number of hydrogen-bond acceptors (Lipinski definition) is 7. The van der Waals surface area contributed by atoms with Crippen molar-refractivity contribution in [2.24, 2.45) is 11.8 Å². The Balaban J connectivity index is 1.59. The molecule has 4 rings (SSSR count). The summed E-state index contributed by atoms with van der Waals surface area (Å²) in [4.78, 5) is 6.67. The molecule has 2 saturated heterocycles. The molecule has 2 aromatic rings. The highest BCUT2D eigenvalue weighted by molar-refractivity contribution is 7.89. The van der Waals surface area contributed by atoms with Crippen molar-refractivity contribution in [2.75, 3.05) is 44.3 Å². The topological polar surface area (TPSA) is 99.7 Å². The first kappa shape index (κ1) is 20.8. The van der Waals surface area contributed by atoms with Gasteiger partial charge >= 0.3 is 0 Å². The first-order valence-electron chi connectivity index (χ1n) is 10.2. The van der Waals surface area contributed by atoms with Gasteiger partial charge < -0.3 is 14.1 Å². The number of aromatic nitrogens is 1. The number of oxazole rings is 1. The second-order valence-electron chi connectivity index (χ2n) is 8.18. The van der Waals surface area contributed by atoms with Gasteiger partial charge in [-0.1, -0.05) is 13.8 Å². The van der Waals surface area contributed by atoms with Gasteiger partial charge in [0, 0.05) is 31.7 Å². The van der Waals surface area contributed by atoms with Crippen molar-refractivity contribution in [2.45, 2.75) is 25.2 Å². The molecule has 2 aliphatic rings. The fourth-order valence-corrected chi connectivity index (χ4v) is 5.66. The Hall–Kier alpha value is -2.41. The van der Waals surface area contributed by atoms with Crippen molar-refractivity contribution >= 4 is 15.9 Å². The van der Waals surface area contributed by atoms with Crippen LogP contribution in [0.2, 0.25) is 0 Å². The maximum Gasteiger partial charge on any atom is 0.243 e. The Morgan fingerprint density at radius 2 is 1.73 bits per heavy atom. The van der Waals surface area contributed by atoms with Gasteiger partial charge in [-0.05, 0) is 42.5 Å². The van der Waals surface area contributed by atoms with Crippen LogP contribution in [0.1, 0.15) is 26.0 Å². The molecule has 2 aliphatic heterocycles. The highest BCUT2D eigenvalue weighted by Gasteiger charge is 2.29. The zero-order valence-corrected chi connectivity index (χ0v) is 18.1. The van der Waals surface area contributed by atoms with Gasteiger partial charge in [-0.3, -0.25) is 0 Å². The minimum absolute atomic E-state index is 0.221. The smallest absolute Gasteiger partial charge is 0.243 e. The molecule has 2 fully saturated rings. The first-order valence-corrected chi connectivity index (χ1v) is 11.7. The molecule has 0 bridgehead atoms. The third kappa shape index (κ3) is 4.08. The van der Waals surface area contributed by atoms with Gasteiger partial charge in [0.2, 0.25) is 27.5 Å². The van der Waals surface area contributed by atoms with E-state index in [9.17, 15) is 13.7 Å². The lowest BCUT2D eigenvalue weighted by atomic mass is 9.92. The van der Waals surface area contributed by atoms with Gasteiger partial charge in [0.15, 0.2) is 0 Å². The molecule has 30 heavy (non-hydrogen) atoms. The summed E-state index contributed by atoms with van der Waals surface area (Å²) in [6.07, 6.45) is 1.15. The number of benzene rings is 1. The van der Waals surface area contributed by atoms with Crippen LogP contribution < -0.4 is 4.90 Å². The number of piperidine rings is 1. The number of ether oxygens (including phenoxy) is 1. The van der Waals surface area contributed by atoms with E-state index in [1.54, 1.807) is 24.3 Å². The van der Waals surface area contributed by atoms with Gasteiger partial charge in [-0.25, -0.2) is 8.42 Å². The molecule has 0 N–H and O–H groups in total. The van der Waals surface area contributed by atoms with Gasteiger partial charge in [0.1, 0.15) is 6.07 Å². The van der Waals surface area contributed by atoms with E-state index in [1.807, 2.05) is 0 Å². The molecule has 0 aliphatic carbocycles. The van der Waals surface area contributed by atoms with E-state index in [1.165, 1.54) is 4.31 Å². The molecule has 1 aromatic heterocycles. The van der Waals surface area contributed by atoms with Crippen LogP contribution in [0, 0.1) is 23.2 Å². The maximum absolute atomic E-state index is 12.8. The van der Waals surface area contributed by atoms with Crippen LogP contribution in [0.25, 0.3) is 11.5 Å². The standard InChI is InChI=1S/C21H26N4O4S/c1-15-11-16(2)14-24(13-15)21-19(12-22)23-20(29-21)17-3-5-18(6-4-17)30(26,27)25-7-9-28-10-8-25/h3-6,15-16H,7-11,13-14H2,1-2H3/t15-,16-/m0/s1. The lowest BCUT2D eigenvalue weighted by Crippen LogP contribution is -2.40. The SMILES string of the molecule is C[C@H]1C[C@H](C)CN(c2oc(-c3ccc(S(=O)(=O)N4CCOCC4)cc3)nc2C#N)C1. The summed E-state index contributed by atoms with van der Waals surface area (Å²) in [5.74, 6) is 1.84. The fraction of sp³-hybridized carbons (Fsp3) is 0.524. The van der Waals surface area contributed by atoms with Gasteiger partial charge in [0.05, 0.1) is 18.1 Å². The average Bonchev–Trinajstić information content (AvgIpc) is 3.18. The van der Waals surface area contributed by atoms with Crippen molar-refractivity contribution < 1.29 is 17.6 Å². The highest BCUT2D eigenvalue weighted by atomic mass is 32.2. The third-order valence-corrected chi connectivity index (χ3v) is 7.49. The van der Waals surface area contributed by atoms with E-state index in [0.29, 0.717) is 55.5 Å². The molecule has 0 unspecified atom stereocenters. The van der Waals surface area contributed by atoms with Crippen molar-refractivity contribution in [3.63, 3.8) is 0 Å². The number of sulfonamides is 1. The van der Waals surface area contributed by atoms with E-state index >= 15 is 0 Å². The van der Waals surface area contributed by atoms with E-state index in [0.717, 1.165) is 19.5 Å². The minimum atomic E-state index is -3.56. The molecule has 160 valence electrons. The second-order valence-corrected chi connectivity index (χ2v) is 10.1. The normalized spacial score (nSPS) is 23.3. The molecule has 0 amide bonds. The summed E-state index contributed by atoms with van der Waals surface area (Å²) in [5, 5.41) is 9.54. The number of rotatable bonds is 4. The van der Waals surface area contributed by atoms with Crippen molar-refractivity contribution in [3.05, 3.63) is 30.0 Å². The second kappa shape index (κ2) is 8.38. The summed E-state index contributed by atoms with van der Waals surface area (Å²) in [6, 6.07) is 8.59. The number of anilines is 1. The summed E-state index contributed by atoms with van der Waals surface area (Å²) in [5.41, 5.74) is 0.896. The zero-order valence-electron chi connectivity index (χ0n) is 17.2. The molecule has 3 heterocycles. The Kier molecular flexibility index (Phi) is 5.82.